The van der Waals surface area contributed by atoms with Crippen LogP contribution in [0, 0.1) is 13.8 Å². The van der Waals surface area contributed by atoms with E-state index in [4.69, 9.17) is 23.2 Å². The average molecular weight is 365 g/mol. The van der Waals surface area contributed by atoms with Gasteiger partial charge in [0.2, 0.25) is 0 Å². The molecule has 0 aliphatic heterocycles. The molecule has 2 rings (SSSR count). The van der Waals surface area contributed by atoms with Crippen molar-refractivity contribution in [1.29, 1.82) is 0 Å². The molecule has 0 saturated carbocycles. The van der Waals surface area contributed by atoms with Crippen molar-refractivity contribution in [2.45, 2.75) is 20.3 Å². The Morgan fingerprint density at radius 3 is 2.38 bits per heavy atom. The molecule has 126 valence electrons. The Hall–Kier alpha value is -2.04. The molecule has 2 aromatic rings. The molecule has 24 heavy (non-hydrogen) atoms. The van der Waals surface area contributed by atoms with Gasteiger partial charge in [0.25, 0.3) is 0 Å². The van der Waals surface area contributed by atoms with Crippen LogP contribution in [0.3, 0.4) is 0 Å². The van der Waals surface area contributed by atoms with Crippen molar-refractivity contribution in [1.82, 2.24) is 5.32 Å². The Labute approximate surface area is 151 Å². The number of nitrogens with one attached hydrogen (secondary N) is 2. The first-order valence-corrected chi connectivity index (χ1v) is 8.23. The number of amides is 2. The number of hydrogen-bond acceptors (Lipinski definition) is 2. The maximum atomic E-state index is 11.9. The van der Waals surface area contributed by atoms with E-state index < -0.39 is 11.8 Å². The molecule has 0 radical (unpaired) electrons. The van der Waals surface area contributed by atoms with Crippen LogP contribution in [0.1, 0.15) is 16.7 Å². The van der Waals surface area contributed by atoms with Gasteiger partial charge in [-0.15, -0.1) is 0 Å². The van der Waals surface area contributed by atoms with Crippen LogP contribution in [-0.2, 0) is 16.0 Å². The lowest BCUT2D eigenvalue weighted by molar-refractivity contribution is -0.136. The van der Waals surface area contributed by atoms with Crippen molar-refractivity contribution in [3.05, 3.63) is 63.1 Å². The van der Waals surface area contributed by atoms with Gasteiger partial charge in [0.05, 0.1) is 0 Å². The second-order valence-corrected chi connectivity index (χ2v) is 6.34. The highest BCUT2D eigenvalue weighted by Gasteiger charge is 2.13. The zero-order valence-electron chi connectivity index (χ0n) is 13.5. The van der Waals surface area contributed by atoms with Gasteiger partial charge in [0, 0.05) is 22.3 Å². The lowest BCUT2D eigenvalue weighted by Crippen LogP contribution is -2.36. The molecule has 0 saturated heterocycles. The van der Waals surface area contributed by atoms with Gasteiger partial charge in [-0.25, -0.2) is 0 Å². The summed E-state index contributed by atoms with van der Waals surface area (Å²) < 4.78 is 0. The predicted octanol–water partition coefficient (Wildman–Crippen LogP) is 3.91. The summed E-state index contributed by atoms with van der Waals surface area (Å²) in [6.07, 6.45) is 0.513. The molecule has 0 fully saturated rings. The van der Waals surface area contributed by atoms with E-state index in [1.54, 1.807) is 24.3 Å². The van der Waals surface area contributed by atoms with Crippen molar-refractivity contribution >= 4 is 40.7 Å². The van der Waals surface area contributed by atoms with E-state index in [1.807, 2.05) is 26.0 Å². The number of carbonyl (C=O) groups is 2. The molecule has 2 aromatic carbocycles. The Bertz CT molecular complexity index is 776. The second-order valence-electron chi connectivity index (χ2n) is 5.49. The number of aryl methyl sites for hydroxylation is 2. The maximum absolute atomic E-state index is 11.9. The summed E-state index contributed by atoms with van der Waals surface area (Å²) in [6, 6.07) is 10.7. The smallest absolute Gasteiger partial charge is 0.313 e. The van der Waals surface area contributed by atoms with E-state index in [1.165, 1.54) is 0 Å². The molecule has 0 unspecified atom stereocenters. The zero-order valence-corrected chi connectivity index (χ0v) is 15.0. The summed E-state index contributed by atoms with van der Waals surface area (Å²) in [4.78, 5) is 23.7. The molecule has 0 spiro atoms. The van der Waals surface area contributed by atoms with Crippen molar-refractivity contribution in [2.24, 2.45) is 0 Å². The summed E-state index contributed by atoms with van der Waals surface area (Å²) in [5.41, 5.74) is 3.62. The number of hydrogen-bond donors (Lipinski definition) is 2. The van der Waals surface area contributed by atoms with Crippen LogP contribution in [0.5, 0.6) is 0 Å². The minimum atomic E-state index is -0.694. The number of benzene rings is 2. The molecule has 6 heteroatoms. The summed E-state index contributed by atoms with van der Waals surface area (Å²) >= 11 is 11.9. The third-order valence-electron chi connectivity index (χ3n) is 3.67. The van der Waals surface area contributed by atoms with Crippen LogP contribution in [0.15, 0.2) is 36.4 Å². The van der Waals surface area contributed by atoms with Crippen LogP contribution < -0.4 is 10.6 Å². The number of anilines is 1. The molecule has 0 atom stereocenters. The minimum absolute atomic E-state index is 0.306. The molecule has 4 nitrogen and oxygen atoms in total. The molecule has 0 aliphatic carbocycles. The lowest BCUT2D eigenvalue weighted by Gasteiger charge is -2.09. The Morgan fingerprint density at radius 2 is 1.71 bits per heavy atom. The van der Waals surface area contributed by atoms with E-state index in [9.17, 15) is 9.59 Å². The first-order chi connectivity index (χ1) is 11.4. The van der Waals surface area contributed by atoms with E-state index >= 15 is 0 Å². The van der Waals surface area contributed by atoms with Gasteiger partial charge in [0.1, 0.15) is 0 Å². The Kier molecular flexibility index (Phi) is 6.23. The number of halogens is 2. The molecular formula is C18H18Cl2N2O2. The summed E-state index contributed by atoms with van der Waals surface area (Å²) in [7, 11) is 0. The van der Waals surface area contributed by atoms with Crippen molar-refractivity contribution in [3.63, 3.8) is 0 Å². The molecule has 2 N–H and O–H groups in total. The predicted molar refractivity (Wildman–Crippen MR) is 97.7 cm³/mol. The molecular weight excluding hydrogens is 347 g/mol. The highest BCUT2D eigenvalue weighted by molar-refractivity contribution is 6.39. The van der Waals surface area contributed by atoms with Crippen LogP contribution in [-0.4, -0.2) is 18.4 Å². The molecule has 0 aliphatic rings. The van der Waals surface area contributed by atoms with Crippen molar-refractivity contribution < 1.29 is 9.59 Å². The first-order valence-electron chi connectivity index (χ1n) is 7.47. The van der Waals surface area contributed by atoms with Gasteiger partial charge in [-0.3, -0.25) is 9.59 Å². The van der Waals surface area contributed by atoms with Gasteiger partial charge < -0.3 is 10.6 Å². The fraction of sp³-hybridized carbons (Fsp3) is 0.222. The Balaban J connectivity index is 1.85. The molecule has 2 amide bonds. The topological polar surface area (TPSA) is 58.2 Å². The quantitative estimate of drug-likeness (QED) is 0.808. The molecule has 0 aromatic heterocycles. The fourth-order valence-corrected chi connectivity index (χ4v) is 2.63. The van der Waals surface area contributed by atoms with E-state index in [0.717, 1.165) is 16.7 Å². The number of rotatable bonds is 4. The monoisotopic (exact) mass is 364 g/mol. The summed E-state index contributed by atoms with van der Waals surface area (Å²) in [6.45, 7) is 4.23. The van der Waals surface area contributed by atoms with Crippen molar-refractivity contribution in [2.75, 3.05) is 11.9 Å². The lowest BCUT2D eigenvalue weighted by atomic mass is 10.1. The van der Waals surface area contributed by atoms with Gasteiger partial charge >= 0.3 is 11.8 Å². The van der Waals surface area contributed by atoms with Gasteiger partial charge in [-0.05, 0) is 61.2 Å². The van der Waals surface area contributed by atoms with Gasteiger partial charge in [-0.2, -0.15) is 0 Å². The highest BCUT2D eigenvalue weighted by Crippen LogP contribution is 2.21. The molecule has 0 bridgehead atoms. The van der Waals surface area contributed by atoms with Crippen molar-refractivity contribution in [3.8, 4) is 0 Å². The van der Waals surface area contributed by atoms with E-state index in [2.05, 4.69) is 10.6 Å². The normalized spacial score (nSPS) is 10.3. The largest absolute Gasteiger partial charge is 0.347 e. The molecule has 0 heterocycles. The summed E-state index contributed by atoms with van der Waals surface area (Å²) in [5.74, 6) is -1.38. The van der Waals surface area contributed by atoms with E-state index in [0.29, 0.717) is 28.7 Å². The standard InChI is InChI=1S/C18H18Cl2N2O2/c1-11-3-6-15(9-12(11)2)22-18(24)17(23)21-8-7-13-4-5-14(19)10-16(13)20/h3-6,9-10H,7-8H2,1-2H3,(H,21,23)(H,22,24). The summed E-state index contributed by atoms with van der Waals surface area (Å²) in [5, 5.41) is 6.25. The van der Waals surface area contributed by atoms with Gasteiger partial charge in [-0.1, -0.05) is 35.3 Å². The zero-order chi connectivity index (χ0) is 17.7. The van der Waals surface area contributed by atoms with Crippen LogP contribution in [0.25, 0.3) is 0 Å². The van der Waals surface area contributed by atoms with Gasteiger partial charge in [0.15, 0.2) is 0 Å². The Morgan fingerprint density at radius 1 is 0.958 bits per heavy atom. The third kappa shape index (κ3) is 4.98. The third-order valence-corrected chi connectivity index (χ3v) is 4.25. The second kappa shape index (κ2) is 8.18. The fourth-order valence-electron chi connectivity index (χ4n) is 2.12. The minimum Gasteiger partial charge on any atom is -0.347 e. The van der Waals surface area contributed by atoms with Crippen LogP contribution in [0.2, 0.25) is 10.0 Å². The van der Waals surface area contributed by atoms with Crippen LogP contribution in [0.4, 0.5) is 5.69 Å². The average Bonchev–Trinajstić information content (AvgIpc) is 2.53. The SMILES string of the molecule is Cc1ccc(NC(=O)C(=O)NCCc2ccc(Cl)cc2Cl)cc1C. The first kappa shape index (κ1) is 18.3. The van der Waals surface area contributed by atoms with Crippen LogP contribution >= 0.6 is 23.2 Å². The van der Waals surface area contributed by atoms with E-state index in [-0.39, 0.29) is 0 Å². The maximum Gasteiger partial charge on any atom is 0.313 e. The number of carbonyl (C=O) groups excluding carboxylic acids is 2. The highest BCUT2D eigenvalue weighted by atomic mass is 35.5.